The van der Waals surface area contributed by atoms with E-state index in [9.17, 15) is 9.90 Å². The van der Waals surface area contributed by atoms with Gasteiger partial charge in [0.25, 0.3) is 0 Å². The lowest BCUT2D eigenvalue weighted by Gasteiger charge is -2.12. The predicted molar refractivity (Wildman–Crippen MR) is 74.1 cm³/mol. The van der Waals surface area contributed by atoms with E-state index in [2.05, 4.69) is 9.97 Å². The van der Waals surface area contributed by atoms with Crippen LogP contribution in [-0.4, -0.2) is 28.2 Å². The molecule has 1 atom stereocenters. The van der Waals surface area contributed by atoms with Crippen LogP contribution in [-0.2, 0) is 11.2 Å². The second-order valence-corrected chi connectivity index (χ2v) is 4.55. The van der Waals surface area contributed by atoms with Crippen molar-refractivity contribution in [2.24, 2.45) is 0 Å². The van der Waals surface area contributed by atoms with Gasteiger partial charge < -0.3 is 9.84 Å². The molecular formula is C14H13ClN2O3. The highest BCUT2D eigenvalue weighted by molar-refractivity contribution is 6.31. The Balaban J connectivity index is 2.32. The molecule has 0 amide bonds. The van der Waals surface area contributed by atoms with E-state index in [-0.39, 0.29) is 12.2 Å². The average Bonchev–Trinajstić information content (AvgIpc) is 2.46. The third-order valence-electron chi connectivity index (χ3n) is 2.85. The van der Waals surface area contributed by atoms with Gasteiger partial charge in [-0.05, 0) is 18.1 Å². The zero-order valence-electron chi connectivity index (χ0n) is 10.8. The first kappa shape index (κ1) is 14.3. The van der Waals surface area contributed by atoms with Crippen molar-refractivity contribution in [1.82, 2.24) is 9.97 Å². The summed E-state index contributed by atoms with van der Waals surface area (Å²) >= 11 is 6.06. The van der Waals surface area contributed by atoms with Crippen molar-refractivity contribution in [3.63, 3.8) is 0 Å². The van der Waals surface area contributed by atoms with Crippen molar-refractivity contribution in [2.45, 2.75) is 12.3 Å². The third-order valence-corrected chi connectivity index (χ3v) is 3.22. The summed E-state index contributed by atoms with van der Waals surface area (Å²) in [6, 6.07) is 8.69. The molecule has 0 fully saturated rings. The molecule has 1 heterocycles. The molecule has 1 aromatic heterocycles. The molecule has 1 aromatic carbocycles. The lowest BCUT2D eigenvalue weighted by atomic mass is 9.98. The fourth-order valence-electron chi connectivity index (χ4n) is 1.81. The van der Waals surface area contributed by atoms with Gasteiger partial charge in [0.15, 0.2) is 0 Å². The number of hydrogen-bond acceptors (Lipinski definition) is 4. The summed E-state index contributed by atoms with van der Waals surface area (Å²) in [5.41, 5.74) is 0.744. The number of carboxylic acids is 1. The molecule has 0 aliphatic rings. The highest BCUT2D eigenvalue weighted by Gasteiger charge is 2.24. The minimum atomic E-state index is -1.00. The predicted octanol–water partition coefficient (Wildman–Crippen LogP) is 2.55. The molecule has 104 valence electrons. The van der Waals surface area contributed by atoms with Crippen LogP contribution in [0.15, 0.2) is 36.5 Å². The Morgan fingerprint density at radius 3 is 2.80 bits per heavy atom. The van der Waals surface area contributed by atoms with Crippen LogP contribution in [0, 0.1) is 0 Å². The molecule has 0 spiro atoms. The van der Waals surface area contributed by atoms with Gasteiger partial charge in [0.2, 0.25) is 5.88 Å². The monoisotopic (exact) mass is 292 g/mol. The highest BCUT2D eigenvalue weighted by atomic mass is 35.5. The van der Waals surface area contributed by atoms with Gasteiger partial charge in [-0.15, -0.1) is 0 Å². The molecule has 0 aliphatic carbocycles. The molecule has 6 heteroatoms. The smallest absolute Gasteiger partial charge is 0.314 e. The molecule has 0 saturated heterocycles. The van der Waals surface area contributed by atoms with E-state index in [1.54, 1.807) is 24.3 Å². The van der Waals surface area contributed by atoms with Gasteiger partial charge in [-0.25, -0.2) is 4.98 Å². The second kappa shape index (κ2) is 6.34. The topological polar surface area (TPSA) is 72.3 Å². The van der Waals surface area contributed by atoms with Crippen LogP contribution in [0.5, 0.6) is 5.88 Å². The first-order valence-corrected chi connectivity index (χ1v) is 6.32. The van der Waals surface area contributed by atoms with E-state index in [0.717, 1.165) is 5.56 Å². The summed E-state index contributed by atoms with van der Waals surface area (Å²) < 4.78 is 4.99. The van der Waals surface area contributed by atoms with E-state index in [0.29, 0.717) is 10.9 Å². The lowest BCUT2D eigenvalue weighted by Crippen LogP contribution is -2.17. The number of benzene rings is 1. The molecule has 0 bridgehead atoms. The zero-order valence-corrected chi connectivity index (χ0v) is 11.5. The van der Waals surface area contributed by atoms with Crippen LogP contribution in [0.1, 0.15) is 17.3 Å². The Hall–Kier alpha value is -2.14. The normalized spacial score (nSPS) is 11.9. The first-order valence-electron chi connectivity index (χ1n) is 5.95. The standard InChI is InChI=1S/C14H13ClN2O3/c1-20-12-6-7-16-13(17-12)10(14(18)19)8-9-4-2-3-5-11(9)15/h2-7,10H,8H2,1H3,(H,18,19). The van der Waals surface area contributed by atoms with Crippen molar-refractivity contribution in [1.29, 1.82) is 0 Å². The molecule has 1 unspecified atom stereocenters. The summed E-state index contributed by atoms with van der Waals surface area (Å²) in [7, 11) is 1.47. The van der Waals surface area contributed by atoms with Gasteiger partial charge >= 0.3 is 5.97 Å². The number of halogens is 1. The minimum absolute atomic E-state index is 0.205. The van der Waals surface area contributed by atoms with Gasteiger partial charge in [0.1, 0.15) is 11.7 Å². The van der Waals surface area contributed by atoms with E-state index in [1.807, 2.05) is 6.07 Å². The van der Waals surface area contributed by atoms with Crippen LogP contribution in [0.4, 0.5) is 0 Å². The van der Waals surface area contributed by atoms with Crippen molar-refractivity contribution >= 4 is 17.6 Å². The SMILES string of the molecule is COc1ccnc(C(Cc2ccccc2Cl)C(=O)O)n1. The average molecular weight is 293 g/mol. The number of aromatic nitrogens is 2. The van der Waals surface area contributed by atoms with Crippen LogP contribution in [0.3, 0.4) is 0 Å². The van der Waals surface area contributed by atoms with E-state index >= 15 is 0 Å². The molecular weight excluding hydrogens is 280 g/mol. The van der Waals surface area contributed by atoms with E-state index in [1.165, 1.54) is 13.3 Å². The number of nitrogens with zero attached hydrogens (tertiary/aromatic N) is 2. The van der Waals surface area contributed by atoms with Gasteiger partial charge in [0.05, 0.1) is 7.11 Å². The molecule has 20 heavy (non-hydrogen) atoms. The molecule has 5 nitrogen and oxygen atoms in total. The molecule has 1 N–H and O–H groups in total. The van der Waals surface area contributed by atoms with E-state index < -0.39 is 11.9 Å². The van der Waals surface area contributed by atoms with Crippen LogP contribution >= 0.6 is 11.6 Å². The number of carboxylic acid groups (broad SMARTS) is 1. The Bertz CT molecular complexity index is 619. The summed E-state index contributed by atoms with van der Waals surface area (Å²) in [5.74, 6) is -1.33. The lowest BCUT2D eigenvalue weighted by molar-refractivity contribution is -0.139. The molecule has 0 aliphatic heterocycles. The van der Waals surface area contributed by atoms with Crippen molar-refractivity contribution in [2.75, 3.05) is 7.11 Å². The Morgan fingerprint density at radius 2 is 2.15 bits per heavy atom. The number of ether oxygens (including phenoxy) is 1. The summed E-state index contributed by atoms with van der Waals surface area (Å²) in [6.45, 7) is 0. The summed E-state index contributed by atoms with van der Waals surface area (Å²) in [6.07, 6.45) is 1.70. The van der Waals surface area contributed by atoms with Crippen molar-refractivity contribution < 1.29 is 14.6 Å². The molecule has 0 radical (unpaired) electrons. The number of carbonyl (C=O) groups is 1. The number of methoxy groups -OCH3 is 1. The van der Waals surface area contributed by atoms with Gasteiger partial charge in [0, 0.05) is 17.3 Å². The molecule has 2 aromatic rings. The molecule has 0 saturated carbocycles. The van der Waals surface area contributed by atoms with Crippen LogP contribution in [0.2, 0.25) is 5.02 Å². The maximum Gasteiger partial charge on any atom is 0.314 e. The number of aliphatic carboxylic acids is 1. The van der Waals surface area contributed by atoms with Gasteiger partial charge in [-0.3, -0.25) is 4.79 Å². The minimum Gasteiger partial charge on any atom is -0.481 e. The van der Waals surface area contributed by atoms with Crippen molar-refractivity contribution in [3.8, 4) is 5.88 Å². The molecule has 2 rings (SSSR count). The maximum atomic E-state index is 11.5. The van der Waals surface area contributed by atoms with Gasteiger partial charge in [-0.1, -0.05) is 29.8 Å². The fraction of sp³-hybridized carbons (Fsp3) is 0.214. The van der Waals surface area contributed by atoms with Crippen LogP contribution in [0.25, 0.3) is 0 Å². The number of rotatable bonds is 5. The van der Waals surface area contributed by atoms with Crippen LogP contribution < -0.4 is 4.74 Å². The van der Waals surface area contributed by atoms with E-state index in [4.69, 9.17) is 16.3 Å². The Morgan fingerprint density at radius 1 is 1.40 bits per heavy atom. The third kappa shape index (κ3) is 3.24. The number of hydrogen-bond donors (Lipinski definition) is 1. The zero-order chi connectivity index (χ0) is 14.5. The largest absolute Gasteiger partial charge is 0.481 e. The quantitative estimate of drug-likeness (QED) is 0.917. The van der Waals surface area contributed by atoms with Crippen molar-refractivity contribution in [3.05, 3.63) is 52.9 Å². The first-order chi connectivity index (χ1) is 9.61. The highest BCUT2D eigenvalue weighted by Crippen LogP contribution is 2.24. The second-order valence-electron chi connectivity index (χ2n) is 4.14. The summed E-state index contributed by atoms with van der Waals surface area (Å²) in [5, 5.41) is 9.91. The maximum absolute atomic E-state index is 11.5. The van der Waals surface area contributed by atoms with Gasteiger partial charge in [-0.2, -0.15) is 4.98 Å². The Labute approximate surface area is 121 Å². The Kier molecular flexibility index (Phi) is 4.53. The fourth-order valence-corrected chi connectivity index (χ4v) is 2.02. The summed E-state index contributed by atoms with van der Waals surface area (Å²) in [4.78, 5) is 19.6.